The van der Waals surface area contributed by atoms with Crippen LogP contribution in [0, 0.1) is 0 Å². The van der Waals surface area contributed by atoms with Crippen molar-refractivity contribution in [2.75, 3.05) is 5.73 Å². The highest BCUT2D eigenvalue weighted by molar-refractivity contribution is 6.29. The van der Waals surface area contributed by atoms with E-state index in [2.05, 4.69) is 10.1 Å². The van der Waals surface area contributed by atoms with Crippen molar-refractivity contribution in [3.8, 4) is 0 Å². The van der Waals surface area contributed by atoms with Crippen LogP contribution in [0.15, 0.2) is 18.3 Å². The third kappa shape index (κ3) is 0.914. The highest BCUT2D eigenvalue weighted by atomic mass is 35.5. The summed E-state index contributed by atoms with van der Waals surface area (Å²) in [5.41, 5.74) is 6.36. The molecular weight excluding hydrogens is 164 g/mol. The lowest BCUT2D eigenvalue weighted by molar-refractivity contribution is 0.939. The molecule has 4 nitrogen and oxygen atoms in total. The molecule has 5 heteroatoms. The number of hydrogen-bond acceptors (Lipinski definition) is 3. The van der Waals surface area contributed by atoms with Crippen LogP contribution in [0.1, 0.15) is 0 Å². The van der Waals surface area contributed by atoms with Gasteiger partial charge in [-0.1, -0.05) is 11.6 Å². The predicted molar refractivity (Wildman–Crippen MR) is 42.4 cm³/mol. The zero-order chi connectivity index (χ0) is 7.84. The summed E-state index contributed by atoms with van der Waals surface area (Å²) in [5.74, 6) is 0.303. The molecule has 0 saturated heterocycles. The number of halogens is 1. The van der Waals surface area contributed by atoms with Crippen molar-refractivity contribution in [3.63, 3.8) is 0 Å². The largest absolute Gasteiger partial charge is 0.368 e. The molecule has 0 spiro atoms. The van der Waals surface area contributed by atoms with Gasteiger partial charge in [-0.15, -0.1) is 0 Å². The number of aromatic nitrogens is 3. The van der Waals surface area contributed by atoms with Crippen LogP contribution in [0.2, 0.25) is 5.15 Å². The van der Waals surface area contributed by atoms with Gasteiger partial charge in [-0.25, -0.2) is 9.50 Å². The van der Waals surface area contributed by atoms with E-state index in [1.807, 2.05) is 6.07 Å². The SMILES string of the molecule is Nc1nc(Cl)cc2ccnn12. The zero-order valence-corrected chi connectivity index (χ0v) is 6.28. The molecule has 0 fully saturated rings. The predicted octanol–water partition coefficient (Wildman–Crippen LogP) is 0.965. The van der Waals surface area contributed by atoms with Crippen LogP contribution in [0.5, 0.6) is 0 Å². The van der Waals surface area contributed by atoms with Crippen molar-refractivity contribution in [2.24, 2.45) is 0 Å². The average molecular weight is 169 g/mol. The minimum atomic E-state index is 0.303. The molecule has 2 N–H and O–H groups in total. The molecule has 0 aliphatic heterocycles. The van der Waals surface area contributed by atoms with Crippen LogP contribution in [-0.2, 0) is 0 Å². The molecule has 0 aliphatic rings. The van der Waals surface area contributed by atoms with E-state index in [-0.39, 0.29) is 0 Å². The van der Waals surface area contributed by atoms with E-state index < -0.39 is 0 Å². The summed E-state index contributed by atoms with van der Waals surface area (Å²) in [6, 6.07) is 3.51. The van der Waals surface area contributed by atoms with Gasteiger partial charge in [0.2, 0.25) is 5.95 Å². The summed E-state index contributed by atoms with van der Waals surface area (Å²) < 4.78 is 1.52. The van der Waals surface area contributed by atoms with E-state index in [9.17, 15) is 0 Å². The van der Waals surface area contributed by atoms with Gasteiger partial charge in [-0.2, -0.15) is 5.10 Å². The topological polar surface area (TPSA) is 56.2 Å². The van der Waals surface area contributed by atoms with Crippen molar-refractivity contribution < 1.29 is 0 Å². The third-order valence-electron chi connectivity index (χ3n) is 1.38. The maximum atomic E-state index is 5.65. The Labute approximate surface area is 67.6 Å². The summed E-state index contributed by atoms with van der Waals surface area (Å²) >= 11 is 5.65. The highest BCUT2D eigenvalue weighted by Crippen LogP contribution is 2.11. The lowest BCUT2D eigenvalue weighted by Gasteiger charge is -1.96. The number of nitrogen functional groups attached to an aromatic ring is 1. The molecule has 56 valence electrons. The van der Waals surface area contributed by atoms with Crippen molar-refractivity contribution in [2.45, 2.75) is 0 Å². The Kier molecular flexibility index (Phi) is 1.22. The van der Waals surface area contributed by atoms with Gasteiger partial charge in [0.15, 0.2) is 0 Å². The van der Waals surface area contributed by atoms with Gasteiger partial charge in [0.1, 0.15) is 5.15 Å². The quantitative estimate of drug-likeness (QED) is 0.597. The summed E-state index contributed by atoms with van der Waals surface area (Å²) in [5, 5.41) is 4.31. The molecule has 2 aromatic heterocycles. The molecule has 11 heavy (non-hydrogen) atoms. The van der Waals surface area contributed by atoms with Crippen LogP contribution in [0.3, 0.4) is 0 Å². The fraction of sp³-hybridized carbons (Fsp3) is 0. The molecule has 0 saturated carbocycles. The summed E-state index contributed by atoms with van der Waals surface area (Å²) in [4.78, 5) is 3.82. The van der Waals surface area contributed by atoms with Crippen LogP contribution in [0.4, 0.5) is 5.95 Å². The van der Waals surface area contributed by atoms with Crippen LogP contribution < -0.4 is 5.73 Å². The lowest BCUT2D eigenvalue weighted by Crippen LogP contribution is -2.00. The normalized spacial score (nSPS) is 10.6. The van der Waals surface area contributed by atoms with Crippen LogP contribution in [-0.4, -0.2) is 14.6 Å². The molecule has 2 rings (SSSR count). The Morgan fingerprint density at radius 3 is 3.18 bits per heavy atom. The molecule has 0 bridgehead atoms. The van der Waals surface area contributed by atoms with Gasteiger partial charge in [0, 0.05) is 6.07 Å². The molecule has 0 amide bonds. The number of fused-ring (bicyclic) bond motifs is 1. The molecule has 0 radical (unpaired) electrons. The first-order chi connectivity index (χ1) is 5.27. The van der Waals surface area contributed by atoms with Gasteiger partial charge >= 0.3 is 0 Å². The van der Waals surface area contributed by atoms with Gasteiger partial charge in [-0.05, 0) is 6.07 Å². The van der Waals surface area contributed by atoms with E-state index in [1.165, 1.54) is 4.52 Å². The van der Waals surface area contributed by atoms with Crippen LogP contribution >= 0.6 is 11.6 Å². The minimum absolute atomic E-state index is 0.303. The summed E-state index contributed by atoms with van der Waals surface area (Å²) in [6.07, 6.45) is 1.64. The molecule has 0 unspecified atom stereocenters. The molecule has 0 atom stereocenters. The molecular formula is C6H5ClN4. The number of rotatable bonds is 0. The first kappa shape index (κ1) is 6.42. The summed E-state index contributed by atoms with van der Waals surface area (Å²) in [7, 11) is 0. The molecule has 2 heterocycles. The minimum Gasteiger partial charge on any atom is -0.368 e. The van der Waals surface area contributed by atoms with E-state index in [0.717, 1.165) is 5.52 Å². The van der Waals surface area contributed by atoms with Crippen molar-refractivity contribution in [1.82, 2.24) is 14.6 Å². The maximum absolute atomic E-state index is 5.65. The summed E-state index contributed by atoms with van der Waals surface area (Å²) in [6.45, 7) is 0. The van der Waals surface area contributed by atoms with Gasteiger partial charge < -0.3 is 5.73 Å². The fourth-order valence-corrected chi connectivity index (χ4v) is 1.12. The smallest absolute Gasteiger partial charge is 0.223 e. The molecule has 0 aromatic carbocycles. The van der Waals surface area contributed by atoms with Crippen molar-refractivity contribution in [1.29, 1.82) is 0 Å². The van der Waals surface area contributed by atoms with Crippen molar-refractivity contribution >= 4 is 23.1 Å². The Bertz CT molecular complexity index is 394. The van der Waals surface area contributed by atoms with Gasteiger partial charge in [0.25, 0.3) is 0 Å². The maximum Gasteiger partial charge on any atom is 0.223 e. The van der Waals surface area contributed by atoms with Crippen molar-refractivity contribution in [3.05, 3.63) is 23.5 Å². The first-order valence-electron chi connectivity index (χ1n) is 3.03. The first-order valence-corrected chi connectivity index (χ1v) is 3.41. The fourth-order valence-electron chi connectivity index (χ4n) is 0.925. The number of anilines is 1. The molecule has 0 aliphatic carbocycles. The second-order valence-electron chi connectivity index (χ2n) is 2.10. The van der Waals surface area contributed by atoms with E-state index in [1.54, 1.807) is 12.3 Å². The Hall–Kier alpha value is -1.29. The lowest BCUT2D eigenvalue weighted by atomic mass is 10.5. The van der Waals surface area contributed by atoms with E-state index in [0.29, 0.717) is 11.1 Å². The Morgan fingerprint density at radius 2 is 2.36 bits per heavy atom. The Morgan fingerprint density at radius 1 is 1.55 bits per heavy atom. The van der Waals surface area contributed by atoms with Crippen LogP contribution in [0.25, 0.3) is 5.52 Å². The number of hydrogen-bond donors (Lipinski definition) is 1. The average Bonchev–Trinajstić information content (AvgIpc) is 2.34. The number of nitrogens with zero attached hydrogens (tertiary/aromatic N) is 3. The Balaban J connectivity index is 2.91. The zero-order valence-electron chi connectivity index (χ0n) is 5.53. The molecule has 2 aromatic rings. The van der Waals surface area contributed by atoms with E-state index in [4.69, 9.17) is 17.3 Å². The van der Waals surface area contributed by atoms with Gasteiger partial charge in [-0.3, -0.25) is 0 Å². The second-order valence-corrected chi connectivity index (χ2v) is 2.49. The monoisotopic (exact) mass is 168 g/mol. The second kappa shape index (κ2) is 2.10. The van der Waals surface area contributed by atoms with Gasteiger partial charge in [0.05, 0.1) is 11.7 Å². The third-order valence-corrected chi connectivity index (χ3v) is 1.57. The van der Waals surface area contributed by atoms with E-state index >= 15 is 0 Å². The number of nitrogens with two attached hydrogens (primary N) is 1. The highest BCUT2D eigenvalue weighted by Gasteiger charge is 1.99. The standard InChI is InChI=1S/C6H5ClN4/c7-5-3-4-1-2-9-11(4)6(8)10-5/h1-3H,(H2,8,10).